The quantitative estimate of drug-likeness (QED) is 0.261. The number of aromatic amines is 1. The zero-order valence-electron chi connectivity index (χ0n) is 22.4. The van der Waals surface area contributed by atoms with E-state index in [0.717, 1.165) is 18.4 Å². The van der Waals surface area contributed by atoms with Crippen LogP contribution in [0.3, 0.4) is 0 Å². The zero-order valence-corrected chi connectivity index (χ0v) is 22.4. The fraction of sp³-hybridized carbons (Fsp3) is 0.310. The molecule has 0 aliphatic rings. The Bertz CT molecular complexity index is 1470. The highest BCUT2D eigenvalue weighted by molar-refractivity contribution is 5.87. The summed E-state index contributed by atoms with van der Waals surface area (Å²) in [5, 5.41) is 22.4. The number of aromatic hydroxyl groups is 1. The molecule has 0 spiro atoms. The number of likely N-dealkylation sites (N-methyl/N-ethyl adjacent to an activating group) is 1. The number of unbranched alkanes of at least 4 members (excludes halogenated alkanes) is 1. The van der Waals surface area contributed by atoms with Gasteiger partial charge in [0, 0.05) is 19.2 Å². The van der Waals surface area contributed by atoms with Crippen molar-refractivity contribution >= 4 is 5.91 Å². The Morgan fingerprint density at radius 2 is 1.72 bits per heavy atom. The van der Waals surface area contributed by atoms with Gasteiger partial charge in [0.15, 0.2) is 0 Å². The minimum Gasteiger partial charge on any atom is -0.506 e. The van der Waals surface area contributed by atoms with E-state index in [-0.39, 0.29) is 35.4 Å². The Balaban J connectivity index is 1.83. The molecule has 1 unspecified atom stereocenters. The van der Waals surface area contributed by atoms with Gasteiger partial charge in [-0.3, -0.25) is 9.59 Å². The van der Waals surface area contributed by atoms with Crippen LogP contribution in [0.15, 0.2) is 57.7 Å². The van der Waals surface area contributed by atoms with Crippen molar-refractivity contribution < 1.29 is 23.8 Å². The number of amides is 1. The van der Waals surface area contributed by atoms with Crippen LogP contribution in [0.5, 0.6) is 17.2 Å². The lowest BCUT2D eigenvalue weighted by molar-refractivity contribution is -0.122. The van der Waals surface area contributed by atoms with Gasteiger partial charge in [0.1, 0.15) is 22.8 Å². The third-order valence-corrected chi connectivity index (χ3v) is 6.55. The predicted molar refractivity (Wildman–Crippen MR) is 146 cm³/mol. The Hall–Kier alpha value is -4.60. The Kier molecular flexibility index (Phi) is 8.65. The lowest BCUT2D eigenvalue weighted by Gasteiger charge is -2.18. The van der Waals surface area contributed by atoms with E-state index in [4.69, 9.17) is 13.9 Å². The first-order chi connectivity index (χ1) is 18.9. The Morgan fingerprint density at radius 3 is 2.33 bits per heavy atom. The van der Waals surface area contributed by atoms with Crippen LogP contribution < -0.4 is 20.3 Å². The molecule has 2 aromatic carbocycles. The number of methoxy groups -OCH3 is 2. The fourth-order valence-electron chi connectivity index (χ4n) is 4.58. The highest BCUT2D eigenvalue weighted by Gasteiger charge is 2.28. The molecule has 204 valence electrons. The standard InChI is InChI=1S/C29H32N4O6/c1-5-6-13-19-23(24-20(37-3)14-10-15-21(24)38-4)26(34)25(28(36)31-19)29-33-32-22(39-29)16-18(27(35)30-2)17-11-8-7-9-12-17/h7-12,14-15,18H,5-6,13,16H2,1-4H3,(H,30,35)(H2,31,34,36). The van der Waals surface area contributed by atoms with Gasteiger partial charge in [-0.15, -0.1) is 10.2 Å². The molecule has 4 rings (SSSR count). The van der Waals surface area contributed by atoms with E-state index in [2.05, 4.69) is 20.5 Å². The van der Waals surface area contributed by atoms with Crippen molar-refractivity contribution in [3.8, 4) is 39.8 Å². The van der Waals surface area contributed by atoms with E-state index in [9.17, 15) is 14.7 Å². The molecule has 0 aliphatic heterocycles. The van der Waals surface area contributed by atoms with Crippen LogP contribution in [-0.4, -0.2) is 47.5 Å². The number of aromatic nitrogens is 3. The van der Waals surface area contributed by atoms with Crippen molar-refractivity contribution in [2.75, 3.05) is 21.3 Å². The van der Waals surface area contributed by atoms with Gasteiger partial charge in [0.25, 0.3) is 11.4 Å². The van der Waals surface area contributed by atoms with Crippen LogP contribution in [0.25, 0.3) is 22.6 Å². The molecule has 0 bridgehead atoms. The van der Waals surface area contributed by atoms with Crippen LogP contribution in [-0.2, 0) is 17.6 Å². The van der Waals surface area contributed by atoms with Crippen molar-refractivity contribution in [2.45, 2.75) is 38.5 Å². The van der Waals surface area contributed by atoms with Gasteiger partial charge < -0.3 is 29.3 Å². The minimum absolute atomic E-state index is 0.108. The average molecular weight is 533 g/mol. The normalized spacial score (nSPS) is 11.7. The van der Waals surface area contributed by atoms with E-state index < -0.39 is 11.5 Å². The molecular formula is C29H32N4O6. The number of nitrogens with zero attached hydrogens (tertiary/aromatic N) is 2. The molecule has 0 saturated carbocycles. The number of aryl methyl sites for hydroxylation is 1. The summed E-state index contributed by atoms with van der Waals surface area (Å²) in [7, 11) is 4.60. The number of H-pyrrole nitrogens is 1. The first-order valence-corrected chi connectivity index (χ1v) is 12.7. The Morgan fingerprint density at radius 1 is 1.03 bits per heavy atom. The molecule has 2 aromatic heterocycles. The van der Waals surface area contributed by atoms with Gasteiger partial charge in [0.2, 0.25) is 11.8 Å². The molecule has 4 aromatic rings. The van der Waals surface area contributed by atoms with Gasteiger partial charge in [-0.25, -0.2) is 0 Å². The van der Waals surface area contributed by atoms with Crippen LogP contribution in [0, 0.1) is 0 Å². The van der Waals surface area contributed by atoms with E-state index in [1.807, 2.05) is 37.3 Å². The summed E-state index contributed by atoms with van der Waals surface area (Å²) in [6.45, 7) is 2.04. The zero-order chi connectivity index (χ0) is 27.9. The molecule has 0 fully saturated rings. The van der Waals surface area contributed by atoms with Crippen molar-refractivity contribution in [3.63, 3.8) is 0 Å². The van der Waals surface area contributed by atoms with Crippen LogP contribution in [0.2, 0.25) is 0 Å². The summed E-state index contributed by atoms with van der Waals surface area (Å²) in [6.07, 6.45) is 2.28. The highest BCUT2D eigenvalue weighted by Crippen LogP contribution is 2.46. The average Bonchev–Trinajstić information content (AvgIpc) is 3.42. The summed E-state index contributed by atoms with van der Waals surface area (Å²) in [6, 6.07) is 14.5. The maximum Gasteiger partial charge on any atom is 0.264 e. The van der Waals surface area contributed by atoms with E-state index in [1.54, 1.807) is 25.2 Å². The number of ether oxygens (including phenoxy) is 2. The van der Waals surface area contributed by atoms with Crippen LogP contribution >= 0.6 is 0 Å². The molecule has 2 heterocycles. The third-order valence-electron chi connectivity index (χ3n) is 6.55. The minimum atomic E-state index is -0.582. The number of benzene rings is 2. The monoisotopic (exact) mass is 532 g/mol. The largest absolute Gasteiger partial charge is 0.506 e. The summed E-state index contributed by atoms with van der Waals surface area (Å²) in [4.78, 5) is 28.8. The van der Waals surface area contributed by atoms with Crippen LogP contribution in [0.1, 0.15) is 42.8 Å². The first kappa shape index (κ1) is 27.4. The molecule has 3 N–H and O–H groups in total. The SMILES string of the molecule is CCCCc1[nH]c(=O)c(-c2nnc(CC(C(=O)NC)c3ccccc3)o2)c(O)c1-c1c(OC)cccc1OC. The summed E-state index contributed by atoms with van der Waals surface area (Å²) >= 11 is 0. The summed E-state index contributed by atoms with van der Waals surface area (Å²) in [5.74, 6) is -0.217. The number of hydrogen-bond acceptors (Lipinski definition) is 8. The van der Waals surface area contributed by atoms with Gasteiger partial charge in [-0.05, 0) is 30.5 Å². The van der Waals surface area contributed by atoms with Gasteiger partial charge >= 0.3 is 0 Å². The number of pyridine rings is 1. The topological polar surface area (TPSA) is 140 Å². The van der Waals surface area contributed by atoms with Crippen molar-refractivity contribution in [1.82, 2.24) is 20.5 Å². The van der Waals surface area contributed by atoms with Crippen molar-refractivity contribution in [2.24, 2.45) is 0 Å². The van der Waals surface area contributed by atoms with Crippen molar-refractivity contribution in [3.05, 3.63) is 76.0 Å². The fourth-order valence-corrected chi connectivity index (χ4v) is 4.58. The number of rotatable bonds is 11. The smallest absolute Gasteiger partial charge is 0.264 e. The highest BCUT2D eigenvalue weighted by atomic mass is 16.5. The predicted octanol–water partition coefficient (Wildman–Crippen LogP) is 4.23. The lowest BCUT2D eigenvalue weighted by Crippen LogP contribution is -2.27. The van der Waals surface area contributed by atoms with E-state index >= 15 is 0 Å². The molecule has 10 nitrogen and oxygen atoms in total. The molecule has 1 atom stereocenters. The number of hydrogen-bond donors (Lipinski definition) is 3. The molecule has 1 amide bonds. The van der Waals surface area contributed by atoms with Crippen molar-refractivity contribution in [1.29, 1.82) is 0 Å². The molecule has 0 saturated heterocycles. The maximum absolute atomic E-state index is 13.3. The second kappa shape index (κ2) is 12.3. The molecule has 0 radical (unpaired) electrons. The van der Waals surface area contributed by atoms with Gasteiger partial charge in [-0.2, -0.15) is 0 Å². The third kappa shape index (κ3) is 5.64. The second-order valence-corrected chi connectivity index (χ2v) is 8.95. The van der Waals surface area contributed by atoms with E-state index in [0.29, 0.717) is 34.7 Å². The van der Waals surface area contributed by atoms with E-state index in [1.165, 1.54) is 14.2 Å². The summed E-state index contributed by atoms with van der Waals surface area (Å²) < 4.78 is 17.0. The molecule has 0 aliphatic carbocycles. The van der Waals surface area contributed by atoms with Gasteiger partial charge in [0.05, 0.1) is 31.3 Å². The summed E-state index contributed by atoms with van der Waals surface area (Å²) in [5.41, 5.74) is 1.43. The molecule has 39 heavy (non-hydrogen) atoms. The van der Waals surface area contributed by atoms with Crippen LogP contribution in [0.4, 0.5) is 0 Å². The first-order valence-electron chi connectivity index (χ1n) is 12.7. The lowest BCUT2D eigenvalue weighted by atomic mass is 9.95. The Labute approximate surface area is 226 Å². The molecule has 10 heteroatoms. The maximum atomic E-state index is 13.3. The molecular weight excluding hydrogens is 500 g/mol. The van der Waals surface area contributed by atoms with Gasteiger partial charge in [-0.1, -0.05) is 49.7 Å². The number of carbonyl (C=O) groups excluding carboxylic acids is 1. The number of carbonyl (C=O) groups is 1. The second-order valence-electron chi connectivity index (χ2n) is 8.95. The number of nitrogens with one attached hydrogen (secondary N) is 2.